The molecule has 6 N–H and O–H groups in total. The minimum Gasteiger partial charge on any atom is -0.493 e. The molecule has 2 aromatic carbocycles. The number of hydrogen-bond donors (Lipinski definition) is 6. The average molecular weight is 535 g/mol. The van der Waals surface area contributed by atoms with Gasteiger partial charge in [0.1, 0.15) is 30.5 Å². The topological polar surface area (TPSA) is 185 Å². The van der Waals surface area contributed by atoms with Crippen molar-refractivity contribution < 1.29 is 59.1 Å². The molecule has 0 aromatic heterocycles. The summed E-state index contributed by atoms with van der Waals surface area (Å²) in [5.41, 5.74) is 1.82. The molecule has 2 aromatic rings. The van der Waals surface area contributed by atoms with Gasteiger partial charge in [-0.25, -0.2) is 4.79 Å². The number of fused-ring (bicyclic) bond motifs is 1. The summed E-state index contributed by atoms with van der Waals surface area (Å²) < 4.78 is 28.2. The lowest BCUT2D eigenvalue weighted by molar-refractivity contribution is -0.277. The molecule has 0 aliphatic carbocycles. The molecule has 0 amide bonds. The van der Waals surface area contributed by atoms with Crippen molar-refractivity contribution in [3.05, 3.63) is 53.1 Å². The SMILES string of the molecule is COc1cc([C@H]2Oc3c(OC)cc(C=CC(=O)O)cc3[C@H]2CO)ccc1O[C@H]1O[C@H](CO)[C@@H](O)[C@H](O)[C@H]1O. The first-order valence-electron chi connectivity index (χ1n) is 11.8. The van der Waals surface area contributed by atoms with Crippen LogP contribution in [0.15, 0.2) is 36.4 Å². The lowest BCUT2D eigenvalue weighted by Gasteiger charge is -2.39. The number of carbonyl (C=O) groups is 1. The van der Waals surface area contributed by atoms with Gasteiger partial charge in [0.2, 0.25) is 6.29 Å². The van der Waals surface area contributed by atoms with Crippen molar-refractivity contribution in [1.29, 1.82) is 0 Å². The average Bonchev–Trinajstić information content (AvgIpc) is 3.30. The number of benzene rings is 2. The Morgan fingerprint density at radius 2 is 1.68 bits per heavy atom. The highest BCUT2D eigenvalue weighted by Crippen LogP contribution is 2.51. The van der Waals surface area contributed by atoms with Gasteiger partial charge in [-0.15, -0.1) is 0 Å². The number of carboxylic acids is 1. The third kappa shape index (κ3) is 5.27. The predicted molar refractivity (Wildman–Crippen MR) is 130 cm³/mol. The Morgan fingerprint density at radius 1 is 0.947 bits per heavy atom. The molecule has 2 aliphatic heterocycles. The van der Waals surface area contributed by atoms with Crippen molar-refractivity contribution in [3.63, 3.8) is 0 Å². The highest BCUT2D eigenvalue weighted by Gasteiger charge is 2.45. The Balaban J connectivity index is 1.62. The maximum absolute atomic E-state index is 11.0. The molecular weight excluding hydrogens is 504 g/mol. The molecule has 206 valence electrons. The van der Waals surface area contributed by atoms with Crippen LogP contribution in [0, 0.1) is 0 Å². The van der Waals surface area contributed by atoms with E-state index in [1.807, 2.05) is 0 Å². The first-order chi connectivity index (χ1) is 18.2. The molecule has 12 nitrogen and oxygen atoms in total. The molecule has 7 atom stereocenters. The van der Waals surface area contributed by atoms with Crippen molar-refractivity contribution in [2.24, 2.45) is 0 Å². The van der Waals surface area contributed by atoms with Gasteiger partial charge in [-0.1, -0.05) is 6.07 Å². The van der Waals surface area contributed by atoms with E-state index >= 15 is 0 Å². The molecular formula is C26H30O12. The monoisotopic (exact) mass is 534 g/mol. The third-order valence-electron chi connectivity index (χ3n) is 6.56. The standard InChI is InChI=1S/C26H30O12/c1-34-17-9-13(4-5-16(17)36-26-23(33)22(32)21(31)19(11-28)37-26)24-15(10-27)14-7-12(3-6-20(29)30)8-18(35-2)25(14)38-24/h3-9,15,19,21-24,26-28,31-33H,10-11H2,1-2H3,(H,29,30)/t15-,19-,21-,22+,23-,24-,26+/m1/s1. The van der Waals surface area contributed by atoms with Crippen LogP contribution in [0.25, 0.3) is 6.08 Å². The number of aliphatic hydroxyl groups is 5. The van der Waals surface area contributed by atoms with E-state index in [4.69, 9.17) is 28.8 Å². The van der Waals surface area contributed by atoms with Gasteiger partial charge in [-0.2, -0.15) is 0 Å². The highest BCUT2D eigenvalue weighted by atomic mass is 16.7. The number of rotatable bonds is 9. The van der Waals surface area contributed by atoms with E-state index in [0.29, 0.717) is 28.2 Å². The Morgan fingerprint density at radius 3 is 2.32 bits per heavy atom. The summed E-state index contributed by atoms with van der Waals surface area (Å²) in [6, 6.07) is 8.18. The van der Waals surface area contributed by atoms with Gasteiger partial charge < -0.3 is 54.3 Å². The summed E-state index contributed by atoms with van der Waals surface area (Å²) in [4.78, 5) is 11.0. The molecule has 4 rings (SSSR count). The number of carboxylic acid groups (broad SMARTS) is 1. The van der Waals surface area contributed by atoms with Crippen molar-refractivity contribution >= 4 is 12.0 Å². The number of ether oxygens (including phenoxy) is 5. The molecule has 0 unspecified atom stereocenters. The zero-order chi connectivity index (χ0) is 27.6. The van der Waals surface area contributed by atoms with Gasteiger partial charge in [0.25, 0.3) is 0 Å². The van der Waals surface area contributed by atoms with Crippen LogP contribution in [0.2, 0.25) is 0 Å². The molecule has 1 fully saturated rings. The smallest absolute Gasteiger partial charge is 0.328 e. The molecule has 2 aliphatic rings. The summed E-state index contributed by atoms with van der Waals surface area (Å²) in [6.45, 7) is -0.876. The first-order valence-corrected chi connectivity index (χ1v) is 11.8. The summed E-state index contributed by atoms with van der Waals surface area (Å²) in [7, 11) is 2.86. The molecule has 12 heteroatoms. The van der Waals surface area contributed by atoms with Gasteiger partial charge in [0, 0.05) is 11.6 Å². The van der Waals surface area contributed by atoms with Crippen LogP contribution < -0.4 is 18.9 Å². The second-order valence-corrected chi connectivity index (χ2v) is 8.87. The van der Waals surface area contributed by atoms with E-state index in [-0.39, 0.29) is 18.1 Å². The quantitative estimate of drug-likeness (QED) is 0.240. The van der Waals surface area contributed by atoms with Crippen LogP contribution in [0.4, 0.5) is 0 Å². The normalized spacial score (nSPS) is 28.6. The summed E-state index contributed by atoms with van der Waals surface area (Å²) in [6.07, 6.45) is -5.49. The minimum absolute atomic E-state index is 0.148. The summed E-state index contributed by atoms with van der Waals surface area (Å²) in [5, 5.41) is 58.9. The fourth-order valence-electron chi connectivity index (χ4n) is 4.58. The Kier molecular flexibility index (Phi) is 8.41. The minimum atomic E-state index is -1.60. The van der Waals surface area contributed by atoms with Crippen LogP contribution in [0.5, 0.6) is 23.0 Å². The zero-order valence-corrected chi connectivity index (χ0v) is 20.6. The van der Waals surface area contributed by atoms with Gasteiger partial charge >= 0.3 is 5.97 Å². The third-order valence-corrected chi connectivity index (χ3v) is 6.56. The van der Waals surface area contributed by atoms with Gasteiger partial charge in [0.05, 0.1) is 33.4 Å². The molecule has 38 heavy (non-hydrogen) atoms. The fraction of sp³-hybridized carbons (Fsp3) is 0.423. The summed E-state index contributed by atoms with van der Waals surface area (Å²) >= 11 is 0. The van der Waals surface area contributed by atoms with Crippen LogP contribution in [0.1, 0.15) is 28.7 Å². The molecule has 2 heterocycles. The van der Waals surface area contributed by atoms with Gasteiger partial charge in [-0.05, 0) is 41.5 Å². The molecule has 0 spiro atoms. The van der Waals surface area contributed by atoms with E-state index in [2.05, 4.69) is 0 Å². The van der Waals surface area contributed by atoms with Crippen molar-refractivity contribution in [3.8, 4) is 23.0 Å². The van der Waals surface area contributed by atoms with Crippen molar-refractivity contribution in [2.75, 3.05) is 27.4 Å². The largest absolute Gasteiger partial charge is 0.493 e. The maximum Gasteiger partial charge on any atom is 0.328 e. The second-order valence-electron chi connectivity index (χ2n) is 8.87. The number of methoxy groups -OCH3 is 2. The van der Waals surface area contributed by atoms with E-state index in [1.165, 1.54) is 26.4 Å². The second kappa shape index (κ2) is 11.6. The number of aliphatic hydroxyl groups excluding tert-OH is 5. The molecule has 0 bridgehead atoms. The molecule has 0 saturated carbocycles. The van der Waals surface area contributed by atoms with Crippen molar-refractivity contribution in [1.82, 2.24) is 0 Å². The highest BCUT2D eigenvalue weighted by molar-refractivity contribution is 5.85. The van der Waals surface area contributed by atoms with E-state index in [9.17, 15) is 30.3 Å². The zero-order valence-electron chi connectivity index (χ0n) is 20.6. The van der Waals surface area contributed by atoms with Crippen LogP contribution in [-0.4, -0.2) is 94.7 Å². The maximum atomic E-state index is 11.0. The van der Waals surface area contributed by atoms with Crippen LogP contribution in [0.3, 0.4) is 0 Å². The Bertz CT molecular complexity index is 1180. The predicted octanol–water partition coefficient (Wildman–Crippen LogP) is 0.190. The summed E-state index contributed by atoms with van der Waals surface area (Å²) in [5.74, 6) is -0.440. The number of hydrogen-bond acceptors (Lipinski definition) is 11. The fourth-order valence-corrected chi connectivity index (χ4v) is 4.58. The van der Waals surface area contributed by atoms with Crippen LogP contribution in [-0.2, 0) is 9.53 Å². The lowest BCUT2D eigenvalue weighted by Crippen LogP contribution is -2.60. The Hall–Kier alpha value is -3.39. The molecule has 1 saturated heterocycles. The van der Waals surface area contributed by atoms with E-state index in [0.717, 1.165) is 6.08 Å². The van der Waals surface area contributed by atoms with Gasteiger partial charge in [-0.3, -0.25) is 0 Å². The first kappa shape index (κ1) is 27.6. The molecule has 0 radical (unpaired) electrons. The number of aliphatic carboxylic acids is 1. The lowest BCUT2D eigenvalue weighted by atomic mass is 9.90. The van der Waals surface area contributed by atoms with E-state index in [1.54, 1.807) is 24.3 Å². The van der Waals surface area contributed by atoms with Crippen molar-refractivity contribution in [2.45, 2.75) is 42.7 Å². The van der Waals surface area contributed by atoms with E-state index < -0.39 is 55.3 Å². The van der Waals surface area contributed by atoms with Crippen LogP contribution >= 0.6 is 0 Å². The van der Waals surface area contributed by atoms with Gasteiger partial charge in [0.15, 0.2) is 23.0 Å². The Labute approximate surface area is 217 Å².